The van der Waals surface area contributed by atoms with Crippen LogP contribution >= 0.6 is 0 Å². The fourth-order valence-corrected chi connectivity index (χ4v) is 4.12. The van der Waals surface area contributed by atoms with Gasteiger partial charge in [0.2, 0.25) is 0 Å². The van der Waals surface area contributed by atoms with Crippen LogP contribution in [0, 0.1) is 17.6 Å². The highest BCUT2D eigenvalue weighted by molar-refractivity contribution is 5.65. The van der Waals surface area contributed by atoms with Crippen molar-refractivity contribution in [2.45, 2.75) is 64.7 Å². The lowest BCUT2D eigenvalue weighted by molar-refractivity contribution is 0.375. The van der Waals surface area contributed by atoms with E-state index in [1.807, 2.05) is 19.1 Å². The van der Waals surface area contributed by atoms with Gasteiger partial charge in [-0.15, -0.1) is 0 Å². The Bertz CT molecular complexity index is 766. The van der Waals surface area contributed by atoms with Crippen LogP contribution in [-0.2, 0) is 6.42 Å². The average molecular weight is 369 g/mol. The minimum absolute atomic E-state index is 0.348. The molecule has 0 atom stereocenters. The maximum atomic E-state index is 14.4. The van der Waals surface area contributed by atoms with Crippen molar-refractivity contribution in [3.8, 4) is 11.1 Å². The highest BCUT2D eigenvalue weighted by Crippen LogP contribution is 2.37. The molecule has 0 nitrogen and oxygen atoms in total. The van der Waals surface area contributed by atoms with Gasteiger partial charge in [0.1, 0.15) is 0 Å². The van der Waals surface area contributed by atoms with Crippen molar-refractivity contribution in [1.82, 2.24) is 0 Å². The highest BCUT2D eigenvalue weighted by atomic mass is 19.2. The third kappa shape index (κ3) is 4.66. The number of allylic oxidation sites excluding steroid dienone is 2. The molecule has 1 fully saturated rings. The Kier molecular flexibility index (Phi) is 6.82. The summed E-state index contributed by atoms with van der Waals surface area (Å²) >= 11 is 0. The topological polar surface area (TPSA) is 0 Å². The summed E-state index contributed by atoms with van der Waals surface area (Å²) in [5.41, 5.74) is 2.84. The van der Waals surface area contributed by atoms with Gasteiger partial charge in [-0.3, -0.25) is 0 Å². The predicted octanol–water partition coefficient (Wildman–Crippen LogP) is 7.82. The zero-order valence-corrected chi connectivity index (χ0v) is 16.5. The van der Waals surface area contributed by atoms with Gasteiger partial charge in [0.15, 0.2) is 11.6 Å². The third-order valence-electron chi connectivity index (χ3n) is 5.87. The van der Waals surface area contributed by atoms with E-state index >= 15 is 0 Å². The van der Waals surface area contributed by atoms with Gasteiger partial charge in [0.25, 0.3) is 0 Å². The molecule has 27 heavy (non-hydrogen) atoms. The van der Waals surface area contributed by atoms with Crippen LogP contribution in [0.3, 0.4) is 0 Å². The summed E-state index contributed by atoms with van der Waals surface area (Å²) in [5, 5.41) is 0. The van der Waals surface area contributed by atoms with E-state index in [1.54, 1.807) is 12.1 Å². The Morgan fingerprint density at radius 2 is 1.59 bits per heavy atom. The van der Waals surface area contributed by atoms with Crippen LogP contribution in [0.15, 0.2) is 48.6 Å². The predicted molar refractivity (Wildman–Crippen MR) is 110 cm³/mol. The molecule has 0 unspecified atom stereocenters. The van der Waals surface area contributed by atoms with Gasteiger partial charge in [0, 0.05) is 5.56 Å². The largest absolute Gasteiger partial charge is 0.203 e. The molecular weight excluding hydrogens is 338 g/mol. The van der Waals surface area contributed by atoms with Crippen molar-refractivity contribution in [2.24, 2.45) is 5.92 Å². The first kappa shape index (κ1) is 19.8. The second-order valence-corrected chi connectivity index (χ2v) is 7.70. The van der Waals surface area contributed by atoms with Gasteiger partial charge in [0.05, 0.1) is 0 Å². The Morgan fingerprint density at radius 3 is 2.22 bits per heavy atom. The number of hydrogen-bond acceptors (Lipinski definition) is 0. The summed E-state index contributed by atoms with van der Waals surface area (Å²) in [7, 11) is 0. The number of aryl methyl sites for hydroxylation is 1. The van der Waals surface area contributed by atoms with Gasteiger partial charge in [-0.05, 0) is 67.1 Å². The third-order valence-corrected chi connectivity index (χ3v) is 5.87. The summed E-state index contributed by atoms with van der Waals surface area (Å²) in [5.74, 6) is -0.143. The van der Waals surface area contributed by atoms with Gasteiger partial charge in [-0.25, -0.2) is 8.78 Å². The number of rotatable bonds is 6. The van der Waals surface area contributed by atoms with Crippen molar-refractivity contribution in [2.75, 3.05) is 0 Å². The van der Waals surface area contributed by atoms with Crippen LogP contribution in [0.5, 0.6) is 0 Å². The summed E-state index contributed by atoms with van der Waals surface area (Å²) in [6.07, 6.45) is 12.5. The number of halogens is 2. The Hall–Kier alpha value is -1.96. The molecule has 0 saturated heterocycles. The van der Waals surface area contributed by atoms with E-state index in [0.717, 1.165) is 11.5 Å². The Morgan fingerprint density at radius 1 is 0.889 bits per heavy atom. The van der Waals surface area contributed by atoms with Crippen molar-refractivity contribution < 1.29 is 8.78 Å². The van der Waals surface area contributed by atoms with Crippen molar-refractivity contribution in [3.63, 3.8) is 0 Å². The first-order valence-corrected chi connectivity index (χ1v) is 10.4. The van der Waals surface area contributed by atoms with Crippen LogP contribution in [0.25, 0.3) is 11.1 Å². The second kappa shape index (κ2) is 9.30. The minimum Gasteiger partial charge on any atom is -0.203 e. The lowest BCUT2D eigenvalue weighted by atomic mass is 9.78. The molecule has 3 rings (SSSR count). The SMILES string of the molecule is CCC/C=C/C1CCC(c2ccc(-c3ccc(CC)c(F)c3F)cc2)CC1. The molecule has 2 aromatic rings. The molecule has 0 heterocycles. The normalized spacial score (nSPS) is 20.3. The van der Waals surface area contributed by atoms with Crippen LogP contribution in [0.4, 0.5) is 8.78 Å². The standard InChI is InChI=1S/C25H30F2/c1-3-5-6-7-18-8-10-20(11-9-18)21-12-14-22(15-13-21)23-17-16-19(4-2)24(26)25(23)27/h6-7,12-18,20H,3-5,8-11H2,1-2H3/b7-6+. The number of hydrogen-bond donors (Lipinski definition) is 0. The van der Waals surface area contributed by atoms with Gasteiger partial charge in [-0.1, -0.05) is 68.8 Å². The highest BCUT2D eigenvalue weighted by Gasteiger charge is 2.21. The van der Waals surface area contributed by atoms with E-state index in [1.165, 1.54) is 44.1 Å². The van der Waals surface area contributed by atoms with Gasteiger partial charge >= 0.3 is 0 Å². The molecule has 1 saturated carbocycles. The summed E-state index contributed by atoms with van der Waals surface area (Å²) in [6.45, 7) is 4.05. The Balaban J connectivity index is 1.67. The number of unbranched alkanes of at least 4 members (excludes halogenated alkanes) is 1. The fraction of sp³-hybridized carbons (Fsp3) is 0.440. The van der Waals surface area contributed by atoms with Crippen LogP contribution < -0.4 is 0 Å². The molecule has 0 bridgehead atoms. The molecule has 2 aromatic carbocycles. The summed E-state index contributed by atoms with van der Waals surface area (Å²) < 4.78 is 28.5. The molecule has 0 N–H and O–H groups in total. The molecule has 0 amide bonds. The van der Waals surface area contributed by atoms with Crippen LogP contribution in [-0.4, -0.2) is 0 Å². The molecule has 1 aliphatic rings. The van der Waals surface area contributed by atoms with E-state index in [0.29, 0.717) is 23.5 Å². The zero-order chi connectivity index (χ0) is 19.2. The molecule has 0 aliphatic heterocycles. The van der Waals surface area contributed by atoms with E-state index in [2.05, 4.69) is 31.2 Å². The molecule has 0 spiro atoms. The van der Waals surface area contributed by atoms with Crippen molar-refractivity contribution in [1.29, 1.82) is 0 Å². The molecular formula is C25H30F2. The molecule has 0 radical (unpaired) electrons. The van der Waals surface area contributed by atoms with Crippen molar-refractivity contribution >= 4 is 0 Å². The number of benzene rings is 2. The van der Waals surface area contributed by atoms with Crippen LogP contribution in [0.2, 0.25) is 0 Å². The van der Waals surface area contributed by atoms with E-state index in [4.69, 9.17) is 0 Å². The maximum absolute atomic E-state index is 14.4. The van der Waals surface area contributed by atoms with Gasteiger partial charge < -0.3 is 0 Å². The van der Waals surface area contributed by atoms with E-state index < -0.39 is 11.6 Å². The summed E-state index contributed by atoms with van der Waals surface area (Å²) in [4.78, 5) is 0. The molecule has 0 aromatic heterocycles. The first-order valence-electron chi connectivity index (χ1n) is 10.4. The fourth-order valence-electron chi connectivity index (χ4n) is 4.12. The summed E-state index contributed by atoms with van der Waals surface area (Å²) in [6, 6.07) is 11.4. The van der Waals surface area contributed by atoms with E-state index in [9.17, 15) is 8.78 Å². The smallest absolute Gasteiger partial charge is 0.166 e. The second-order valence-electron chi connectivity index (χ2n) is 7.70. The monoisotopic (exact) mass is 368 g/mol. The Labute approximate surface area is 162 Å². The lowest BCUT2D eigenvalue weighted by Gasteiger charge is -2.27. The van der Waals surface area contributed by atoms with E-state index in [-0.39, 0.29) is 0 Å². The lowest BCUT2D eigenvalue weighted by Crippen LogP contribution is -2.11. The molecule has 144 valence electrons. The van der Waals surface area contributed by atoms with Gasteiger partial charge in [-0.2, -0.15) is 0 Å². The maximum Gasteiger partial charge on any atom is 0.166 e. The quantitative estimate of drug-likeness (QED) is 0.456. The zero-order valence-electron chi connectivity index (χ0n) is 16.5. The first-order chi connectivity index (χ1) is 13.1. The van der Waals surface area contributed by atoms with Crippen LogP contribution in [0.1, 0.15) is 69.4 Å². The average Bonchev–Trinajstić information content (AvgIpc) is 2.71. The van der Waals surface area contributed by atoms with Crippen molar-refractivity contribution in [3.05, 3.63) is 71.3 Å². The molecule has 1 aliphatic carbocycles. The molecule has 2 heteroatoms. The minimum atomic E-state index is -0.735.